The Morgan fingerprint density at radius 3 is 2.78 bits per heavy atom. The van der Waals surface area contributed by atoms with E-state index in [0.717, 1.165) is 10.2 Å². The number of nitrogens with zero attached hydrogens (tertiary/aromatic N) is 2. The van der Waals surface area contributed by atoms with Crippen LogP contribution in [-0.4, -0.2) is 15.7 Å². The van der Waals surface area contributed by atoms with Gasteiger partial charge < -0.3 is 11.1 Å². The summed E-state index contributed by atoms with van der Waals surface area (Å²) in [6.07, 6.45) is 1.55. The number of nitrogen functional groups attached to an aromatic ring is 1. The number of halogens is 1. The first kappa shape index (κ1) is 12.6. The fraction of sp³-hybridized carbons (Fsp3) is 0.167. The van der Waals surface area contributed by atoms with E-state index in [0.29, 0.717) is 16.9 Å². The molecule has 1 heterocycles. The normalized spacial score (nSPS) is 10.4. The van der Waals surface area contributed by atoms with E-state index in [1.807, 2.05) is 6.92 Å². The van der Waals surface area contributed by atoms with Crippen molar-refractivity contribution in [2.24, 2.45) is 7.05 Å². The SMILES string of the molecule is Cc1c(C(=O)Nc2ccc(Br)c(N)c2)cnn1C. The molecule has 0 spiro atoms. The molecule has 1 aromatic carbocycles. The van der Waals surface area contributed by atoms with Gasteiger partial charge in [-0.2, -0.15) is 5.10 Å². The van der Waals surface area contributed by atoms with Gasteiger partial charge in [0.2, 0.25) is 0 Å². The van der Waals surface area contributed by atoms with E-state index < -0.39 is 0 Å². The van der Waals surface area contributed by atoms with Gasteiger partial charge in [0.1, 0.15) is 0 Å². The van der Waals surface area contributed by atoms with Crippen LogP contribution in [0.15, 0.2) is 28.9 Å². The number of aryl methyl sites for hydroxylation is 1. The summed E-state index contributed by atoms with van der Waals surface area (Å²) >= 11 is 3.30. The second-order valence-electron chi connectivity index (χ2n) is 3.96. The van der Waals surface area contributed by atoms with E-state index in [1.54, 1.807) is 36.1 Å². The van der Waals surface area contributed by atoms with Gasteiger partial charge in [0.05, 0.1) is 11.8 Å². The molecule has 0 aliphatic rings. The van der Waals surface area contributed by atoms with E-state index in [-0.39, 0.29) is 5.91 Å². The average Bonchev–Trinajstić information content (AvgIpc) is 2.65. The van der Waals surface area contributed by atoms with Crippen LogP contribution >= 0.6 is 15.9 Å². The van der Waals surface area contributed by atoms with Gasteiger partial charge in [-0.1, -0.05) is 0 Å². The first-order valence-electron chi connectivity index (χ1n) is 5.34. The summed E-state index contributed by atoms with van der Waals surface area (Å²) in [4.78, 5) is 12.0. The quantitative estimate of drug-likeness (QED) is 0.836. The van der Waals surface area contributed by atoms with Crippen LogP contribution in [0.25, 0.3) is 0 Å². The molecule has 6 heteroatoms. The molecule has 0 aliphatic heterocycles. The Morgan fingerprint density at radius 2 is 2.22 bits per heavy atom. The number of carbonyl (C=O) groups is 1. The molecule has 2 aromatic rings. The lowest BCUT2D eigenvalue weighted by molar-refractivity contribution is 0.102. The molecule has 3 N–H and O–H groups in total. The zero-order valence-corrected chi connectivity index (χ0v) is 11.7. The molecule has 0 radical (unpaired) electrons. The lowest BCUT2D eigenvalue weighted by atomic mass is 10.2. The van der Waals surface area contributed by atoms with Crippen molar-refractivity contribution in [3.8, 4) is 0 Å². The number of hydrogen-bond donors (Lipinski definition) is 2. The highest BCUT2D eigenvalue weighted by molar-refractivity contribution is 9.10. The van der Waals surface area contributed by atoms with Crippen LogP contribution in [0, 0.1) is 6.92 Å². The second kappa shape index (κ2) is 4.81. The zero-order chi connectivity index (χ0) is 13.3. The topological polar surface area (TPSA) is 72.9 Å². The minimum Gasteiger partial charge on any atom is -0.398 e. The summed E-state index contributed by atoms with van der Waals surface area (Å²) in [6, 6.07) is 5.28. The van der Waals surface area contributed by atoms with Gasteiger partial charge in [-0.15, -0.1) is 0 Å². The summed E-state index contributed by atoms with van der Waals surface area (Å²) in [5.74, 6) is -0.192. The van der Waals surface area contributed by atoms with E-state index >= 15 is 0 Å². The molecule has 0 bridgehead atoms. The van der Waals surface area contributed by atoms with E-state index in [4.69, 9.17) is 5.73 Å². The van der Waals surface area contributed by atoms with Gasteiger partial charge in [0.15, 0.2) is 0 Å². The average molecular weight is 309 g/mol. The lowest BCUT2D eigenvalue weighted by Gasteiger charge is -2.06. The molecule has 5 nitrogen and oxygen atoms in total. The predicted octanol–water partition coefficient (Wildman–Crippen LogP) is 2.33. The summed E-state index contributed by atoms with van der Waals surface area (Å²) in [5, 5.41) is 6.82. The Hall–Kier alpha value is -1.82. The third kappa shape index (κ3) is 2.38. The Bertz CT molecular complexity index is 606. The minimum absolute atomic E-state index is 0.192. The monoisotopic (exact) mass is 308 g/mol. The van der Waals surface area contributed by atoms with Gasteiger partial charge in [-0.3, -0.25) is 9.48 Å². The van der Waals surface area contributed by atoms with Crippen LogP contribution in [0.5, 0.6) is 0 Å². The van der Waals surface area contributed by atoms with Crippen LogP contribution in [0.3, 0.4) is 0 Å². The van der Waals surface area contributed by atoms with E-state index in [2.05, 4.69) is 26.3 Å². The van der Waals surface area contributed by atoms with Crippen molar-refractivity contribution in [3.63, 3.8) is 0 Å². The molecule has 0 fully saturated rings. The molecule has 1 amide bonds. The predicted molar refractivity (Wildman–Crippen MR) is 74.5 cm³/mol. The molecule has 0 aliphatic carbocycles. The lowest BCUT2D eigenvalue weighted by Crippen LogP contribution is -2.13. The van der Waals surface area contributed by atoms with Crippen LogP contribution in [0.4, 0.5) is 11.4 Å². The molecular weight excluding hydrogens is 296 g/mol. The Morgan fingerprint density at radius 1 is 1.50 bits per heavy atom. The molecule has 2 rings (SSSR count). The maximum atomic E-state index is 12.0. The number of aromatic nitrogens is 2. The maximum Gasteiger partial charge on any atom is 0.259 e. The molecule has 94 valence electrons. The molecule has 0 saturated heterocycles. The highest BCUT2D eigenvalue weighted by Crippen LogP contribution is 2.23. The molecule has 0 saturated carbocycles. The van der Waals surface area contributed by atoms with Crippen molar-refractivity contribution in [3.05, 3.63) is 40.1 Å². The fourth-order valence-electron chi connectivity index (χ4n) is 1.54. The standard InChI is InChI=1S/C12H13BrN4O/c1-7-9(6-15-17(7)2)12(18)16-8-3-4-10(13)11(14)5-8/h3-6H,14H2,1-2H3,(H,16,18). The van der Waals surface area contributed by atoms with Gasteiger partial charge in [-0.05, 0) is 41.1 Å². The van der Waals surface area contributed by atoms with Crippen molar-refractivity contribution in [1.29, 1.82) is 0 Å². The van der Waals surface area contributed by atoms with Crippen LogP contribution < -0.4 is 11.1 Å². The van der Waals surface area contributed by atoms with Crippen molar-refractivity contribution in [2.45, 2.75) is 6.92 Å². The summed E-state index contributed by atoms with van der Waals surface area (Å²) in [7, 11) is 1.80. The van der Waals surface area contributed by atoms with Gasteiger partial charge in [-0.25, -0.2) is 0 Å². The van der Waals surface area contributed by atoms with Crippen molar-refractivity contribution in [1.82, 2.24) is 9.78 Å². The molecule has 0 atom stereocenters. The number of hydrogen-bond acceptors (Lipinski definition) is 3. The van der Waals surface area contributed by atoms with Gasteiger partial charge in [0.25, 0.3) is 5.91 Å². The third-order valence-electron chi connectivity index (χ3n) is 2.73. The Balaban J connectivity index is 2.21. The number of rotatable bonds is 2. The van der Waals surface area contributed by atoms with Gasteiger partial charge in [0, 0.05) is 28.6 Å². The second-order valence-corrected chi connectivity index (χ2v) is 4.81. The zero-order valence-electron chi connectivity index (χ0n) is 10.1. The number of anilines is 2. The molecular formula is C12H13BrN4O. The van der Waals surface area contributed by atoms with Crippen molar-refractivity contribution >= 4 is 33.2 Å². The number of benzene rings is 1. The number of carbonyl (C=O) groups excluding carboxylic acids is 1. The molecule has 18 heavy (non-hydrogen) atoms. The fourth-order valence-corrected chi connectivity index (χ4v) is 1.79. The van der Waals surface area contributed by atoms with Crippen molar-refractivity contribution < 1.29 is 4.79 Å². The third-order valence-corrected chi connectivity index (χ3v) is 3.46. The Labute approximate surface area is 113 Å². The molecule has 0 unspecified atom stereocenters. The maximum absolute atomic E-state index is 12.0. The highest BCUT2D eigenvalue weighted by atomic mass is 79.9. The van der Waals surface area contributed by atoms with Crippen molar-refractivity contribution in [2.75, 3.05) is 11.1 Å². The van der Waals surface area contributed by atoms with Crippen LogP contribution in [0.1, 0.15) is 16.1 Å². The minimum atomic E-state index is -0.192. The smallest absolute Gasteiger partial charge is 0.259 e. The number of nitrogens with two attached hydrogens (primary N) is 1. The number of nitrogens with one attached hydrogen (secondary N) is 1. The van der Waals surface area contributed by atoms with E-state index in [9.17, 15) is 4.79 Å². The largest absolute Gasteiger partial charge is 0.398 e. The first-order chi connectivity index (χ1) is 8.49. The molecule has 1 aromatic heterocycles. The van der Waals surface area contributed by atoms with Crippen LogP contribution in [0.2, 0.25) is 0 Å². The first-order valence-corrected chi connectivity index (χ1v) is 6.13. The number of amides is 1. The highest BCUT2D eigenvalue weighted by Gasteiger charge is 2.13. The van der Waals surface area contributed by atoms with E-state index in [1.165, 1.54) is 0 Å². The summed E-state index contributed by atoms with van der Waals surface area (Å²) in [5.41, 5.74) is 8.36. The van der Waals surface area contributed by atoms with Crippen LogP contribution in [-0.2, 0) is 7.05 Å². The van der Waals surface area contributed by atoms with Gasteiger partial charge >= 0.3 is 0 Å². The summed E-state index contributed by atoms with van der Waals surface area (Å²) < 4.78 is 2.46. The Kier molecular flexibility index (Phi) is 3.38. The summed E-state index contributed by atoms with van der Waals surface area (Å²) in [6.45, 7) is 1.85.